The fourth-order valence-corrected chi connectivity index (χ4v) is 3.88. The highest BCUT2D eigenvalue weighted by molar-refractivity contribution is 7.93. The van der Waals surface area contributed by atoms with Gasteiger partial charge in [0.25, 0.3) is 10.0 Å². The molecule has 7 heteroatoms. The average Bonchev–Trinajstić information content (AvgIpc) is 2.93. The van der Waals surface area contributed by atoms with Crippen LogP contribution in [-0.2, 0) is 10.0 Å². The summed E-state index contributed by atoms with van der Waals surface area (Å²) in [4.78, 5) is 8.36. The first-order valence-electron chi connectivity index (χ1n) is 6.50. The Labute approximate surface area is 132 Å². The third kappa shape index (κ3) is 3.15. The number of thiazole rings is 1. The normalized spacial score (nSPS) is 11.3. The van der Waals surface area contributed by atoms with E-state index in [1.165, 1.54) is 11.3 Å². The van der Waals surface area contributed by atoms with Gasteiger partial charge >= 0.3 is 0 Å². The Morgan fingerprint density at radius 1 is 1.09 bits per heavy atom. The monoisotopic (exact) mass is 331 g/mol. The van der Waals surface area contributed by atoms with E-state index in [-0.39, 0.29) is 4.90 Å². The molecule has 3 aromatic rings. The van der Waals surface area contributed by atoms with Crippen molar-refractivity contribution in [2.45, 2.75) is 11.8 Å². The van der Waals surface area contributed by atoms with E-state index in [1.54, 1.807) is 42.0 Å². The van der Waals surface area contributed by atoms with Gasteiger partial charge in [0, 0.05) is 17.8 Å². The van der Waals surface area contributed by atoms with Crippen LogP contribution in [0.5, 0.6) is 0 Å². The van der Waals surface area contributed by atoms with Gasteiger partial charge in [-0.3, -0.25) is 9.71 Å². The molecule has 22 heavy (non-hydrogen) atoms. The lowest BCUT2D eigenvalue weighted by Crippen LogP contribution is -2.12. The molecular formula is C15H13N3O2S2. The second-order valence-corrected chi connectivity index (χ2v) is 7.21. The summed E-state index contributed by atoms with van der Waals surface area (Å²) in [6.07, 6.45) is 3.43. The molecule has 3 rings (SSSR count). The molecular weight excluding hydrogens is 318 g/mol. The minimum atomic E-state index is -3.62. The lowest BCUT2D eigenvalue weighted by molar-refractivity contribution is 0.601. The van der Waals surface area contributed by atoms with Crippen molar-refractivity contribution >= 4 is 26.5 Å². The second kappa shape index (κ2) is 5.86. The number of nitrogens with zero attached hydrogens (tertiary/aromatic N) is 2. The summed E-state index contributed by atoms with van der Waals surface area (Å²) in [6, 6.07) is 10.4. The summed E-state index contributed by atoms with van der Waals surface area (Å²) in [6.45, 7) is 1.82. The Balaban J connectivity index is 1.86. The minimum absolute atomic E-state index is 0.202. The van der Waals surface area contributed by atoms with Crippen LogP contribution in [0.2, 0.25) is 0 Å². The molecule has 2 heterocycles. The van der Waals surface area contributed by atoms with Crippen molar-refractivity contribution in [3.63, 3.8) is 0 Å². The second-order valence-electron chi connectivity index (χ2n) is 4.67. The van der Waals surface area contributed by atoms with E-state index in [1.807, 2.05) is 19.1 Å². The van der Waals surface area contributed by atoms with Gasteiger partial charge in [0.05, 0.1) is 10.6 Å². The summed E-state index contributed by atoms with van der Waals surface area (Å²) >= 11 is 1.26. The lowest BCUT2D eigenvalue weighted by Gasteiger charge is -2.06. The zero-order chi connectivity index (χ0) is 15.6. The zero-order valence-electron chi connectivity index (χ0n) is 11.7. The van der Waals surface area contributed by atoms with Crippen LogP contribution < -0.4 is 4.72 Å². The Hall–Kier alpha value is -2.25. The first-order chi connectivity index (χ1) is 10.5. The molecule has 2 aromatic heterocycles. The number of rotatable bonds is 4. The predicted octanol–water partition coefficient (Wildman–Crippen LogP) is 3.31. The Morgan fingerprint density at radius 2 is 1.86 bits per heavy atom. The molecule has 0 atom stereocenters. The molecule has 1 aromatic carbocycles. The maximum atomic E-state index is 12.3. The van der Waals surface area contributed by atoms with Gasteiger partial charge in [-0.1, -0.05) is 18.2 Å². The lowest BCUT2D eigenvalue weighted by atomic mass is 10.1. The fourth-order valence-electron chi connectivity index (χ4n) is 1.93. The summed E-state index contributed by atoms with van der Waals surface area (Å²) in [5.41, 5.74) is 2.64. The Morgan fingerprint density at radius 3 is 2.45 bits per heavy atom. The predicted molar refractivity (Wildman–Crippen MR) is 87.3 cm³/mol. The highest BCUT2D eigenvalue weighted by atomic mass is 32.2. The first-order valence-corrected chi connectivity index (χ1v) is 8.86. The van der Waals surface area contributed by atoms with Crippen LogP contribution in [0.1, 0.15) is 5.69 Å². The first kappa shape index (κ1) is 14.7. The number of hydrogen-bond donors (Lipinski definition) is 1. The number of nitrogens with one attached hydrogen (secondary N) is 1. The van der Waals surface area contributed by atoms with Gasteiger partial charge in [-0.05, 0) is 36.2 Å². The molecule has 0 amide bonds. The third-order valence-corrected chi connectivity index (χ3v) is 5.36. The van der Waals surface area contributed by atoms with E-state index in [0.717, 1.165) is 16.8 Å². The molecule has 0 saturated carbocycles. The van der Waals surface area contributed by atoms with Gasteiger partial charge in [0.2, 0.25) is 0 Å². The summed E-state index contributed by atoms with van der Waals surface area (Å²) in [7, 11) is -3.62. The number of aromatic nitrogens is 2. The SMILES string of the molecule is Cc1csc(NS(=O)(=O)c2ccc(-c3cccnc3)cc2)n1. The highest BCUT2D eigenvalue weighted by Gasteiger charge is 2.15. The van der Waals surface area contributed by atoms with Crippen molar-refractivity contribution in [3.05, 3.63) is 59.9 Å². The van der Waals surface area contributed by atoms with Crippen molar-refractivity contribution in [2.24, 2.45) is 0 Å². The van der Waals surface area contributed by atoms with Crippen LogP contribution in [0.3, 0.4) is 0 Å². The maximum Gasteiger partial charge on any atom is 0.263 e. The van der Waals surface area contributed by atoms with Gasteiger partial charge in [-0.15, -0.1) is 11.3 Å². The number of hydrogen-bond acceptors (Lipinski definition) is 5. The van der Waals surface area contributed by atoms with Crippen LogP contribution >= 0.6 is 11.3 Å². The molecule has 0 aliphatic heterocycles. The largest absolute Gasteiger partial charge is 0.264 e. The number of sulfonamides is 1. The van der Waals surface area contributed by atoms with Crippen LogP contribution in [0, 0.1) is 6.92 Å². The van der Waals surface area contributed by atoms with E-state index in [0.29, 0.717) is 5.13 Å². The number of pyridine rings is 1. The topological polar surface area (TPSA) is 72.0 Å². The zero-order valence-corrected chi connectivity index (χ0v) is 13.4. The molecule has 0 aliphatic rings. The molecule has 0 radical (unpaired) electrons. The summed E-state index contributed by atoms with van der Waals surface area (Å²) < 4.78 is 27.1. The van der Waals surface area contributed by atoms with Gasteiger partial charge in [0.15, 0.2) is 5.13 Å². The van der Waals surface area contributed by atoms with Crippen LogP contribution in [0.4, 0.5) is 5.13 Å². The fraction of sp³-hybridized carbons (Fsp3) is 0.0667. The summed E-state index contributed by atoms with van der Waals surface area (Å²) in [5, 5.41) is 2.16. The molecule has 112 valence electrons. The molecule has 0 unspecified atom stereocenters. The van der Waals surface area contributed by atoms with Crippen LogP contribution in [-0.4, -0.2) is 18.4 Å². The third-order valence-electron chi connectivity index (χ3n) is 3.00. The number of anilines is 1. The maximum absolute atomic E-state index is 12.3. The molecule has 0 saturated heterocycles. The van der Waals surface area contributed by atoms with E-state index < -0.39 is 10.0 Å². The van der Waals surface area contributed by atoms with Crippen molar-refractivity contribution in [1.29, 1.82) is 0 Å². The van der Waals surface area contributed by atoms with Crippen LogP contribution in [0.25, 0.3) is 11.1 Å². The summed E-state index contributed by atoms with van der Waals surface area (Å²) in [5.74, 6) is 0. The van der Waals surface area contributed by atoms with Crippen molar-refractivity contribution < 1.29 is 8.42 Å². The van der Waals surface area contributed by atoms with Gasteiger partial charge < -0.3 is 0 Å². The Kier molecular flexibility index (Phi) is 3.91. The molecule has 1 N–H and O–H groups in total. The average molecular weight is 331 g/mol. The molecule has 5 nitrogen and oxygen atoms in total. The molecule has 0 spiro atoms. The smallest absolute Gasteiger partial charge is 0.263 e. The van der Waals surface area contributed by atoms with Crippen LogP contribution in [0.15, 0.2) is 59.1 Å². The Bertz CT molecular complexity index is 873. The van der Waals surface area contributed by atoms with E-state index in [2.05, 4.69) is 14.7 Å². The highest BCUT2D eigenvalue weighted by Crippen LogP contribution is 2.23. The van der Waals surface area contributed by atoms with Gasteiger partial charge in [-0.2, -0.15) is 0 Å². The standard InChI is InChI=1S/C15H13N3O2S2/c1-11-10-21-15(17-11)18-22(19,20)14-6-4-12(5-7-14)13-3-2-8-16-9-13/h2-10H,1H3,(H,17,18). The molecule has 0 bridgehead atoms. The molecule has 0 fully saturated rings. The van der Waals surface area contributed by atoms with Gasteiger partial charge in [0.1, 0.15) is 0 Å². The quantitative estimate of drug-likeness (QED) is 0.796. The van der Waals surface area contributed by atoms with Crippen molar-refractivity contribution in [1.82, 2.24) is 9.97 Å². The van der Waals surface area contributed by atoms with E-state index in [4.69, 9.17) is 0 Å². The van der Waals surface area contributed by atoms with Crippen molar-refractivity contribution in [2.75, 3.05) is 4.72 Å². The van der Waals surface area contributed by atoms with Crippen molar-refractivity contribution in [3.8, 4) is 11.1 Å². The minimum Gasteiger partial charge on any atom is -0.264 e. The number of aryl methyl sites for hydroxylation is 1. The number of benzene rings is 1. The van der Waals surface area contributed by atoms with E-state index >= 15 is 0 Å². The van der Waals surface area contributed by atoms with E-state index in [9.17, 15) is 8.42 Å². The van der Waals surface area contributed by atoms with Gasteiger partial charge in [-0.25, -0.2) is 13.4 Å². The molecule has 0 aliphatic carbocycles.